The second-order valence-electron chi connectivity index (χ2n) is 10.7. The minimum Gasteiger partial charge on any atom is -0.510 e. The minimum atomic E-state index is -2.76. The molecule has 1 fully saturated rings. The molecule has 3 aliphatic carbocycles. The standard InChI is InChI=1S/C27H29N3O10/c1-29(2)19-14-10-11-9-13-12(20(32)26(38)30-5-7-40-8-6-30)3-4-15(31)17(13)21(33)16(11)23(35)27(14,39)24(36)18(22(19)34)25(28)37/h3-4,11,14,19,31,34-35,39H,5-10H2,1-2H3,(H2,28,37)/t11-,14-,19?,27?/m1/s1. The zero-order valence-electron chi connectivity index (χ0n) is 21.8. The van der Waals surface area contributed by atoms with Gasteiger partial charge in [0.05, 0.1) is 24.8 Å². The summed E-state index contributed by atoms with van der Waals surface area (Å²) < 4.78 is 5.23. The van der Waals surface area contributed by atoms with Crippen LogP contribution in [0, 0.1) is 11.8 Å². The number of aromatic hydroxyl groups is 1. The van der Waals surface area contributed by atoms with E-state index in [-0.39, 0.29) is 61.4 Å². The molecule has 4 atom stereocenters. The Kier molecular flexibility index (Phi) is 6.56. The van der Waals surface area contributed by atoms with Crippen molar-refractivity contribution in [2.75, 3.05) is 40.4 Å². The molecule has 0 aromatic heterocycles. The zero-order valence-corrected chi connectivity index (χ0v) is 21.8. The van der Waals surface area contributed by atoms with Gasteiger partial charge >= 0.3 is 0 Å². The summed E-state index contributed by atoms with van der Waals surface area (Å²) in [6.07, 6.45) is -0.229. The molecule has 1 aromatic carbocycles. The second-order valence-corrected chi connectivity index (χ2v) is 10.7. The number of aliphatic hydroxyl groups is 3. The number of nitrogens with two attached hydrogens (primary N) is 1. The number of benzene rings is 1. The van der Waals surface area contributed by atoms with Crippen molar-refractivity contribution in [2.24, 2.45) is 17.6 Å². The van der Waals surface area contributed by atoms with E-state index in [0.717, 1.165) is 6.07 Å². The fraction of sp³-hybridized carbons (Fsp3) is 0.444. The van der Waals surface area contributed by atoms with Crippen LogP contribution in [0.4, 0.5) is 0 Å². The van der Waals surface area contributed by atoms with E-state index >= 15 is 0 Å². The van der Waals surface area contributed by atoms with Gasteiger partial charge in [-0.2, -0.15) is 0 Å². The summed E-state index contributed by atoms with van der Waals surface area (Å²) in [5.74, 6) is -9.52. The first-order valence-electron chi connectivity index (χ1n) is 12.7. The lowest BCUT2D eigenvalue weighted by Gasteiger charge is -2.50. The Labute approximate surface area is 228 Å². The van der Waals surface area contributed by atoms with Crippen LogP contribution in [0.15, 0.2) is 34.8 Å². The lowest BCUT2D eigenvalue weighted by molar-refractivity contribution is -0.148. The molecule has 0 radical (unpaired) electrons. The van der Waals surface area contributed by atoms with E-state index in [1.165, 1.54) is 30.0 Å². The number of allylic oxidation sites excluding steroid dienone is 1. The molecule has 5 rings (SSSR count). The summed E-state index contributed by atoms with van der Waals surface area (Å²) >= 11 is 0. The lowest BCUT2D eigenvalue weighted by Crippen LogP contribution is -2.63. The van der Waals surface area contributed by atoms with Gasteiger partial charge in [0.25, 0.3) is 17.6 Å². The highest BCUT2D eigenvalue weighted by atomic mass is 16.5. The second kappa shape index (κ2) is 9.54. The van der Waals surface area contributed by atoms with Gasteiger partial charge in [-0.25, -0.2) is 0 Å². The predicted octanol–water partition coefficient (Wildman–Crippen LogP) is -0.838. The van der Waals surface area contributed by atoms with Crippen molar-refractivity contribution >= 4 is 29.2 Å². The Bertz CT molecular complexity index is 1440. The van der Waals surface area contributed by atoms with Crippen LogP contribution in [0.5, 0.6) is 5.75 Å². The van der Waals surface area contributed by atoms with E-state index in [2.05, 4.69) is 0 Å². The number of hydrogen-bond donors (Lipinski definition) is 5. The van der Waals surface area contributed by atoms with Crippen LogP contribution in [-0.2, 0) is 25.5 Å². The van der Waals surface area contributed by atoms with Crippen molar-refractivity contribution in [3.05, 3.63) is 51.5 Å². The average molecular weight is 556 g/mol. The summed E-state index contributed by atoms with van der Waals surface area (Å²) in [4.78, 5) is 68.2. The molecule has 212 valence electrons. The molecule has 2 amide bonds. The Morgan fingerprint density at radius 1 is 1.10 bits per heavy atom. The van der Waals surface area contributed by atoms with Gasteiger partial charge in [0.15, 0.2) is 11.4 Å². The van der Waals surface area contributed by atoms with Crippen LogP contribution >= 0.6 is 0 Å². The van der Waals surface area contributed by atoms with Crippen molar-refractivity contribution < 1.29 is 49.1 Å². The average Bonchev–Trinajstić information content (AvgIpc) is 2.90. The number of ether oxygens (including phenoxy) is 1. The molecular formula is C27H29N3O10. The van der Waals surface area contributed by atoms with Crippen molar-refractivity contribution in [1.82, 2.24) is 9.80 Å². The molecule has 6 N–H and O–H groups in total. The Balaban J connectivity index is 1.64. The quantitative estimate of drug-likeness (QED) is 0.176. The van der Waals surface area contributed by atoms with E-state index in [0.29, 0.717) is 0 Å². The number of rotatable bonds is 4. The normalized spacial score (nSPS) is 28.3. The van der Waals surface area contributed by atoms with Crippen molar-refractivity contribution in [1.29, 1.82) is 0 Å². The lowest BCUT2D eigenvalue weighted by atomic mass is 9.58. The van der Waals surface area contributed by atoms with Crippen molar-refractivity contribution in [3.8, 4) is 5.75 Å². The van der Waals surface area contributed by atoms with Crippen LogP contribution in [0.25, 0.3) is 0 Å². The Morgan fingerprint density at radius 3 is 2.35 bits per heavy atom. The predicted molar refractivity (Wildman–Crippen MR) is 135 cm³/mol. The van der Waals surface area contributed by atoms with Crippen molar-refractivity contribution in [2.45, 2.75) is 24.5 Å². The summed E-state index contributed by atoms with van der Waals surface area (Å²) in [7, 11) is 3.05. The van der Waals surface area contributed by atoms with Crippen LogP contribution in [0.1, 0.15) is 32.7 Å². The maximum Gasteiger partial charge on any atom is 0.295 e. The van der Waals surface area contributed by atoms with E-state index in [4.69, 9.17) is 10.5 Å². The number of likely N-dealkylation sites (N-methyl/N-ethyl adjacent to an activating group) is 1. The van der Waals surface area contributed by atoms with Crippen LogP contribution in [0.2, 0.25) is 0 Å². The molecule has 1 heterocycles. The first-order valence-corrected chi connectivity index (χ1v) is 12.7. The molecule has 13 heteroatoms. The molecule has 1 saturated heterocycles. The fourth-order valence-electron chi connectivity index (χ4n) is 6.49. The van der Waals surface area contributed by atoms with Crippen LogP contribution in [0.3, 0.4) is 0 Å². The monoisotopic (exact) mass is 555 g/mol. The highest BCUT2D eigenvalue weighted by Gasteiger charge is 2.63. The van der Waals surface area contributed by atoms with Gasteiger partial charge in [0.2, 0.25) is 5.78 Å². The first-order chi connectivity index (χ1) is 18.8. The number of carbonyl (C=O) groups is 5. The highest BCUT2D eigenvalue weighted by Crippen LogP contribution is 2.52. The summed E-state index contributed by atoms with van der Waals surface area (Å²) in [5, 5.41) is 44.4. The third-order valence-electron chi connectivity index (χ3n) is 8.34. The van der Waals surface area contributed by atoms with Crippen LogP contribution < -0.4 is 5.73 Å². The molecule has 2 unspecified atom stereocenters. The van der Waals surface area contributed by atoms with E-state index in [1.54, 1.807) is 0 Å². The Morgan fingerprint density at radius 2 is 1.75 bits per heavy atom. The van der Waals surface area contributed by atoms with E-state index in [1.807, 2.05) is 0 Å². The molecule has 4 aliphatic rings. The summed E-state index contributed by atoms with van der Waals surface area (Å²) in [6, 6.07) is 1.21. The SMILES string of the molecule is CN(C)C1C(O)=C(C(N)=O)C(=O)C2(O)C(O)=C3C(=O)c4c(O)ccc(C(=O)C(=O)N5CCOCC5)c4C[C@@H]3C[C@H]12. The summed E-state index contributed by atoms with van der Waals surface area (Å²) in [5.41, 5.74) is 1.00. The Hall–Kier alpha value is -4.07. The molecule has 1 aliphatic heterocycles. The number of morpholine rings is 1. The van der Waals surface area contributed by atoms with Crippen molar-refractivity contribution in [3.63, 3.8) is 0 Å². The number of nitrogens with zero attached hydrogens (tertiary/aromatic N) is 2. The van der Waals surface area contributed by atoms with Gasteiger partial charge in [-0.1, -0.05) is 0 Å². The number of amides is 2. The molecule has 0 saturated carbocycles. The number of phenolic OH excluding ortho intramolecular Hbond substituents is 1. The third kappa shape index (κ3) is 3.76. The number of aliphatic hydroxyl groups excluding tert-OH is 2. The van der Waals surface area contributed by atoms with Gasteiger partial charge < -0.3 is 35.8 Å². The number of carbonyl (C=O) groups excluding carboxylic acids is 5. The zero-order chi connectivity index (χ0) is 29.3. The molecule has 1 aromatic rings. The molecule has 13 nitrogen and oxygen atoms in total. The minimum absolute atomic E-state index is 0.0837. The van der Waals surface area contributed by atoms with Gasteiger partial charge in [0, 0.05) is 30.1 Å². The maximum absolute atomic E-state index is 13.8. The van der Waals surface area contributed by atoms with Gasteiger partial charge in [-0.15, -0.1) is 0 Å². The largest absolute Gasteiger partial charge is 0.510 e. The topological polar surface area (TPSA) is 208 Å². The maximum atomic E-state index is 13.8. The first kappa shape index (κ1) is 27.5. The molecule has 40 heavy (non-hydrogen) atoms. The number of phenols is 1. The smallest absolute Gasteiger partial charge is 0.295 e. The van der Waals surface area contributed by atoms with Crippen LogP contribution in [-0.4, -0.2) is 111 Å². The fourth-order valence-corrected chi connectivity index (χ4v) is 6.49. The van der Waals surface area contributed by atoms with E-state index in [9.17, 15) is 44.4 Å². The van der Waals surface area contributed by atoms with Gasteiger partial charge in [-0.05, 0) is 50.6 Å². The van der Waals surface area contributed by atoms with Gasteiger partial charge in [0.1, 0.15) is 22.8 Å². The molecule has 0 spiro atoms. The summed E-state index contributed by atoms with van der Waals surface area (Å²) in [6.45, 7) is 0.986. The third-order valence-corrected chi connectivity index (χ3v) is 8.34. The number of fused-ring (bicyclic) bond motifs is 3. The molecule has 0 bridgehead atoms. The highest BCUT2D eigenvalue weighted by molar-refractivity contribution is 6.43. The van der Waals surface area contributed by atoms with E-state index < -0.39 is 75.5 Å². The number of Topliss-reactive ketones (excluding diaryl/α,β-unsaturated/α-hetero) is 3. The van der Waals surface area contributed by atoms with Gasteiger partial charge in [-0.3, -0.25) is 28.9 Å². The molecular weight excluding hydrogens is 526 g/mol. The number of primary amides is 1. The number of ketones is 3. The number of hydrogen-bond acceptors (Lipinski definition) is 11.